The third-order valence-corrected chi connectivity index (χ3v) is 3.44. The van der Waals surface area contributed by atoms with Crippen LogP contribution in [-0.2, 0) is 4.79 Å². The van der Waals surface area contributed by atoms with Gasteiger partial charge in [-0.25, -0.2) is 4.98 Å². The van der Waals surface area contributed by atoms with Crippen molar-refractivity contribution >= 4 is 11.7 Å². The Balaban J connectivity index is 1.81. The van der Waals surface area contributed by atoms with Crippen molar-refractivity contribution in [1.82, 2.24) is 10.3 Å². The lowest BCUT2D eigenvalue weighted by molar-refractivity contribution is -0.118. The molecule has 0 atom stereocenters. The lowest BCUT2D eigenvalue weighted by Gasteiger charge is -2.19. The Morgan fingerprint density at radius 1 is 1.22 bits per heavy atom. The number of likely N-dealkylation sites (N-methyl/N-ethyl adjacent to an activating group) is 1. The fourth-order valence-electron chi connectivity index (χ4n) is 2.22. The topological polar surface area (TPSA) is 92.7 Å². The first-order chi connectivity index (χ1) is 11.2. The predicted molar refractivity (Wildman–Crippen MR) is 84.9 cm³/mol. The summed E-state index contributed by atoms with van der Waals surface area (Å²) < 4.78 is 11.0. The third kappa shape index (κ3) is 3.28. The number of aromatic nitrogens is 1. The minimum atomic E-state index is -0.192. The van der Waals surface area contributed by atoms with Crippen LogP contribution in [0.2, 0.25) is 0 Å². The number of nitrogens with zero attached hydrogens (tertiary/aromatic N) is 1. The quantitative estimate of drug-likeness (QED) is 0.789. The molecular weight excluding hydrogens is 298 g/mol. The molecule has 0 bridgehead atoms. The number of aromatic hydroxyl groups is 1. The Bertz CT molecular complexity index is 733. The van der Waals surface area contributed by atoms with Gasteiger partial charge in [-0.05, 0) is 23.8 Å². The van der Waals surface area contributed by atoms with Crippen molar-refractivity contribution in [1.29, 1.82) is 0 Å². The van der Waals surface area contributed by atoms with Crippen LogP contribution in [0.5, 0.6) is 17.2 Å². The van der Waals surface area contributed by atoms with Gasteiger partial charge in [0, 0.05) is 18.8 Å². The second kappa shape index (κ2) is 6.43. The highest BCUT2D eigenvalue weighted by molar-refractivity contribution is 5.80. The fraction of sp³-hybridized carbons (Fsp3) is 0.250. The molecule has 0 unspecified atom stereocenters. The second-order valence-corrected chi connectivity index (χ2v) is 4.98. The normalized spacial score (nSPS) is 12.6. The average molecular weight is 315 g/mol. The molecule has 0 aliphatic carbocycles. The maximum Gasteiger partial charge on any atom is 0.239 e. The zero-order valence-corrected chi connectivity index (χ0v) is 12.6. The van der Waals surface area contributed by atoms with Crippen LogP contribution in [0.25, 0.3) is 11.1 Å². The molecule has 3 N–H and O–H groups in total. The summed E-state index contributed by atoms with van der Waals surface area (Å²) in [6.07, 6.45) is 1.62. The molecule has 0 fully saturated rings. The van der Waals surface area contributed by atoms with Crippen LogP contribution >= 0.6 is 0 Å². The van der Waals surface area contributed by atoms with Gasteiger partial charge in [-0.3, -0.25) is 4.79 Å². The Morgan fingerprint density at radius 2 is 2.00 bits per heavy atom. The Hall–Kier alpha value is -2.96. The van der Waals surface area contributed by atoms with Crippen LogP contribution < -0.4 is 20.1 Å². The van der Waals surface area contributed by atoms with Crippen LogP contribution in [0.4, 0.5) is 5.82 Å². The Labute approximate surface area is 133 Å². The summed E-state index contributed by atoms with van der Waals surface area (Å²) in [5, 5.41) is 15.3. The van der Waals surface area contributed by atoms with Crippen molar-refractivity contribution in [2.75, 3.05) is 32.1 Å². The summed E-state index contributed by atoms with van der Waals surface area (Å²) in [6.45, 7) is 1.10. The number of pyridine rings is 1. The SMILES string of the molecule is CNC(=O)CNc1ncc(-c2ccc3c(c2)OCCO3)cc1O. The van der Waals surface area contributed by atoms with Crippen molar-refractivity contribution in [3.63, 3.8) is 0 Å². The molecule has 1 aliphatic rings. The summed E-state index contributed by atoms with van der Waals surface area (Å²) in [5.41, 5.74) is 1.60. The Kier molecular flexibility index (Phi) is 4.18. The minimum Gasteiger partial charge on any atom is -0.504 e. The minimum absolute atomic E-state index is 0.0266. The second-order valence-electron chi connectivity index (χ2n) is 4.98. The molecule has 1 aliphatic heterocycles. The number of amides is 1. The molecule has 0 saturated carbocycles. The zero-order chi connectivity index (χ0) is 16.2. The number of carbonyl (C=O) groups excluding carboxylic acids is 1. The van der Waals surface area contributed by atoms with Crippen molar-refractivity contribution in [3.05, 3.63) is 30.5 Å². The van der Waals surface area contributed by atoms with Gasteiger partial charge < -0.3 is 25.2 Å². The molecule has 1 aromatic heterocycles. The first-order valence-corrected chi connectivity index (χ1v) is 7.21. The zero-order valence-electron chi connectivity index (χ0n) is 12.6. The van der Waals surface area contributed by atoms with E-state index in [1.165, 1.54) is 0 Å². The van der Waals surface area contributed by atoms with Crippen molar-refractivity contribution in [3.8, 4) is 28.4 Å². The molecule has 1 amide bonds. The van der Waals surface area contributed by atoms with Gasteiger partial charge in [-0.15, -0.1) is 0 Å². The number of hydrogen-bond acceptors (Lipinski definition) is 6. The van der Waals surface area contributed by atoms with E-state index in [0.717, 1.165) is 11.1 Å². The number of fused-ring (bicyclic) bond motifs is 1. The maximum absolute atomic E-state index is 11.2. The number of hydrogen-bond donors (Lipinski definition) is 3. The largest absolute Gasteiger partial charge is 0.504 e. The summed E-state index contributed by atoms with van der Waals surface area (Å²) in [6, 6.07) is 7.15. The molecule has 7 nitrogen and oxygen atoms in total. The summed E-state index contributed by atoms with van der Waals surface area (Å²) in [7, 11) is 1.54. The van der Waals surface area contributed by atoms with Gasteiger partial charge in [0.1, 0.15) is 13.2 Å². The highest BCUT2D eigenvalue weighted by atomic mass is 16.6. The van der Waals surface area contributed by atoms with Crippen LogP contribution in [0.3, 0.4) is 0 Å². The number of carbonyl (C=O) groups is 1. The molecule has 3 rings (SSSR count). The van der Waals surface area contributed by atoms with Gasteiger partial charge in [0.05, 0.1) is 6.54 Å². The molecule has 23 heavy (non-hydrogen) atoms. The number of benzene rings is 1. The van der Waals surface area contributed by atoms with E-state index in [0.29, 0.717) is 24.7 Å². The Morgan fingerprint density at radius 3 is 2.74 bits per heavy atom. The molecule has 0 spiro atoms. The standard InChI is InChI=1S/C16H17N3O4/c1-17-15(21)9-19-16-12(20)6-11(8-18-16)10-2-3-13-14(7-10)23-5-4-22-13/h2-3,6-8,20H,4-5,9H2,1H3,(H,17,21)(H,18,19). The van der Waals surface area contributed by atoms with E-state index < -0.39 is 0 Å². The molecule has 2 aromatic rings. The highest BCUT2D eigenvalue weighted by Crippen LogP contribution is 2.35. The first kappa shape index (κ1) is 15.0. The van der Waals surface area contributed by atoms with Crippen LogP contribution in [-0.4, -0.2) is 42.8 Å². The lowest BCUT2D eigenvalue weighted by atomic mass is 10.1. The summed E-state index contributed by atoms with van der Waals surface area (Å²) in [4.78, 5) is 15.4. The summed E-state index contributed by atoms with van der Waals surface area (Å²) in [5.74, 6) is 1.43. The molecule has 2 heterocycles. The molecule has 1 aromatic carbocycles. The van der Waals surface area contributed by atoms with Gasteiger partial charge in [-0.2, -0.15) is 0 Å². The molecule has 7 heteroatoms. The number of anilines is 1. The van der Waals surface area contributed by atoms with Gasteiger partial charge in [0.25, 0.3) is 0 Å². The van der Waals surface area contributed by atoms with Crippen molar-refractivity contribution in [2.45, 2.75) is 0 Å². The van der Waals surface area contributed by atoms with Crippen molar-refractivity contribution < 1.29 is 19.4 Å². The number of rotatable bonds is 4. The van der Waals surface area contributed by atoms with E-state index in [1.807, 2.05) is 18.2 Å². The molecular formula is C16H17N3O4. The van der Waals surface area contributed by atoms with E-state index in [4.69, 9.17) is 9.47 Å². The first-order valence-electron chi connectivity index (χ1n) is 7.21. The van der Waals surface area contributed by atoms with E-state index in [2.05, 4.69) is 15.6 Å². The molecule has 0 radical (unpaired) electrons. The van der Waals surface area contributed by atoms with Gasteiger partial charge in [-0.1, -0.05) is 6.07 Å². The van der Waals surface area contributed by atoms with E-state index in [1.54, 1.807) is 19.3 Å². The monoisotopic (exact) mass is 315 g/mol. The smallest absolute Gasteiger partial charge is 0.239 e. The van der Waals surface area contributed by atoms with Crippen LogP contribution in [0, 0.1) is 0 Å². The molecule has 120 valence electrons. The van der Waals surface area contributed by atoms with E-state index >= 15 is 0 Å². The summed E-state index contributed by atoms with van der Waals surface area (Å²) >= 11 is 0. The van der Waals surface area contributed by atoms with Crippen LogP contribution in [0.15, 0.2) is 30.5 Å². The third-order valence-electron chi connectivity index (χ3n) is 3.44. The predicted octanol–water partition coefficient (Wildman–Crippen LogP) is 1.38. The van der Waals surface area contributed by atoms with E-state index in [-0.39, 0.29) is 24.0 Å². The van der Waals surface area contributed by atoms with E-state index in [9.17, 15) is 9.90 Å². The van der Waals surface area contributed by atoms with Gasteiger partial charge in [0.15, 0.2) is 23.1 Å². The van der Waals surface area contributed by atoms with Crippen LogP contribution in [0.1, 0.15) is 0 Å². The van der Waals surface area contributed by atoms with Gasteiger partial charge in [0.2, 0.25) is 5.91 Å². The maximum atomic E-state index is 11.2. The fourth-order valence-corrected chi connectivity index (χ4v) is 2.22. The molecule has 0 saturated heterocycles. The number of ether oxygens (including phenoxy) is 2. The van der Waals surface area contributed by atoms with Crippen molar-refractivity contribution in [2.24, 2.45) is 0 Å². The average Bonchev–Trinajstić information content (AvgIpc) is 2.59. The van der Waals surface area contributed by atoms with Gasteiger partial charge >= 0.3 is 0 Å². The highest BCUT2D eigenvalue weighted by Gasteiger charge is 2.13. The number of nitrogens with one attached hydrogen (secondary N) is 2. The lowest BCUT2D eigenvalue weighted by Crippen LogP contribution is -2.26.